The zero-order valence-corrected chi connectivity index (χ0v) is 14.7. The molecule has 124 valence electrons. The zero-order chi connectivity index (χ0) is 16.8. The van der Waals surface area contributed by atoms with E-state index in [1.165, 1.54) is 29.5 Å². The smallest absolute Gasteiger partial charge is 0.256 e. The van der Waals surface area contributed by atoms with Crippen molar-refractivity contribution in [3.05, 3.63) is 50.7 Å². The van der Waals surface area contributed by atoms with Crippen molar-refractivity contribution >= 4 is 28.8 Å². The number of nitrogens with zero attached hydrogens (tertiary/aromatic N) is 2. The van der Waals surface area contributed by atoms with Crippen molar-refractivity contribution in [2.75, 3.05) is 13.1 Å². The molecule has 0 saturated heterocycles. The molecule has 1 heterocycles. The third kappa shape index (κ3) is 4.73. The largest absolute Gasteiger partial charge is 0.345 e. The number of nitrogens with one attached hydrogen (secondary N) is 1. The van der Waals surface area contributed by atoms with Crippen molar-refractivity contribution in [2.45, 2.75) is 26.9 Å². The van der Waals surface area contributed by atoms with Crippen LogP contribution in [0.1, 0.15) is 34.9 Å². The molecular weight excluding hydrogens is 337 g/mol. The van der Waals surface area contributed by atoms with Crippen LogP contribution in [0.2, 0.25) is 5.02 Å². The summed E-state index contributed by atoms with van der Waals surface area (Å²) in [6.07, 6.45) is 0. The fourth-order valence-electron chi connectivity index (χ4n) is 2.14. The second-order valence-electron chi connectivity index (χ2n) is 4.97. The molecule has 1 aromatic heterocycles. The molecule has 0 aliphatic rings. The molecule has 23 heavy (non-hydrogen) atoms. The molecule has 1 aromatic carbocycles. The highest BCUT2D eigenvalue weighted by molar-refractivity contribution is 7.09. The Balaban J connectivity index is 1.96. The molecule has 4 nitrogen and oxygen atoms in total. The van der Waals surface area contributed by atoms with Crippen molar-refractivity contribution in [2.24, 2.45) is 0 Å². The average molecular weight is 356 g/mol. The predicted octanol–water partition coefficient (Wildman–Crippen LogP) is 3.71. The number of thiazole rings is 1. The number of carbonyl (C=O) groups is 1. The van der Waals surface area contributed by atoms with Gasteiger partial charge in [-0.2, -0.15) is 0 Å². The fraction of sp³-hybridized carbons (Fsp3) is 0.375. The number of amides is 1. The van der Waals surface area contributed by atoms with Gasteiger partial charge in [-0.05, 0) is 25.2 Å². The van der Waals surface area contributed by atoms with Crippen LogP contribution < -0.4 is 5.32 Å². The summed E-state index contributed by atoms with van der Waals surface area (Å²) in [5.41, 5.74) is 0.848. The van der Waals surface area contributed by atoms with Gasteiger partial charge in [0.05, 0.1) is 22.8 Å². The highest BCUT2D eigenvalue weighted by Gasteiger charge is 2.16. The summed E-state index contributed by atoms with van der Waals surface area (Å²) in [5, 5.41) is 5.53. The molecule has 2 aromatic rings. The normalized spacial score (nSPS) is 11.0. The van der Waals surface area contributed by atoms with Crippen LogP contribution in [0, 0.1) is 5.82 Å². The maximum Gasteiger partial charge on any atom is 0.256 e. The summed E-state index contributed by atoms with van der Waals surface area (Å²) in [7, 11) is 0. The molecule has 1 amide bonds. The van der Waals surface area contributed by atoms with Crippen molar-refractivity contribution in [3.8, 4) is 0 Å². The molecular formula is C16H19ClFN3OS. The van der Waals surface area contributed by atoms with Gasteiger partial charge in [-0.15, -0.1) is 11.3 Å². The van der Waals surface area contributed by atoms with E-state index >= 15 is 0 Å². The zero-order valence-electron chi connectivity index (χ0n) is 13.1. The Kier molecular flexibility index (Phi) is 6.50. The van der Waals surface area contributed by atoms with Gasteiger partial charge in [0.15, 0.2) is 0 Å². The molecule has 2 rings (SSSR count). The highest BCUT2D eigenvalue weighted by atomic mass is 35.5. The first-order chi connectivity index (χ1) is 11.0. The van der Waals surface area contributed by atoms with Crippen LogP contribution in [-0.4, -0.2) is 28.9 Å². The van der Waals surface area contributed by atoms with E-state index in [1.54, 1.807) is 0 Å². The minimum absolute atomic E-state index is 0.101. The number of rotatable bonds is 7. The first-order valence-corrected chi connectivity index (χ1v) is 8.68. The number of halogens is 2. The molecule has 1 N–H and O–H groups in total. The third-order valence-corrected chi connectivity index (χ3v) is 4.68. The molecule has 0 bridgehead atoms. The van der Waals surface area contributed by atoms with Gasteiger partial charge in [-0.3, -0.25) is 9.69 Å². The van der Waals surface area contributed by atoms with Crippen molar-refractivity contribution in [1.82, 2.24) is 15.2 Å². The van der Waals surface area contributed by atoms with Crippen LogP contribution in [0.3, 0.4) is 0 Å². The Bertz CT molecular complexity index is 653. The quantitative estimate of drug-likeness (QED) is 0.823. The highest BCUT2D eigenvalue weighted by Crippen LogP contribution is 2.19. The van der Waals surface area contributed by atoms with Gasteiger partial charge in [0.2, 0.25) is 0 Å². The molecule has 7 heteroatoms. The van der Waals surface area contributed by atoms with Crippen LogP contribution in [0.15, 0.2) is 23.6 Å². The Labute approximate surface area is 144 Å². The van der Waals surface area contributed by atoms with E-state index in [0.29, 0.717) is 0 Å². The first-order valence-electron chi connectivity index (χ1n) is 7.43. The molecule has 0 saturated carbocycles. The number of hydrogen-bond donors (Lipinski definition) is 1. The maximum absolute atomic E-state index is 13.7. The van der Waals surface area contributed by atoms with E-state index in [9.17, 15) is 9.18 Å². The predicted molar refractivity (Wildman–Crippen MR) is 91.3 cm³/mol. The third-order valence-electron chi connectivity index (χ3n) is 3.47. The second-order valence-corrected chi connectivity index (χ2v) is 6.32. The van der Waals surface area contributed by atoms with E-state index < -0.39 is 11.7 Å². The lowest BCUT2D eigenvalue weighted by atomic mass is 10.2. The number of hydrogen-bond acceptors (Lipinski definition) is 4. The van der Waals surface area contributed by atoms with E-state index in [-0.39, 0.29) is 17.1 Å². The molecule has 0 unspecified atom stereocenters. The van der Waals surface area contributed by atoms with Crippen LogP contribution in [0.4, 0.5) is 4.39 Å². The summed E-state index contributed by atoms with van der Waals surface area (Å²) in [6.45, 7) is 7.19. The van der Waals surface area contributed by atoms with Gasteiger partial charge < -0.3 is 5.32 Å². The fourth-order valence-corrected chi connectivity index (χ4v) is 3.11. The Morgan fingerprint density at radius 2 is 2.13 bits per heavy atom. The Hall–Kier alpha value is -1.50. The first kappa shape index (κ1) is 17.8. The molecule has 0 spiro atoms. The molecule has 0 atom stereocenters. The van der Waals surface area contributed by atoms with Gasteiger partial charge in [0.1, 0.15) is 10.8 Å². The lowest BCUT2D eigenvalue weighted by Gasteiger charge is -2.15. The number of benzene rings is 1. The summed E-state index contributed by atoms with van der Waals surface area (Å²) < 4.78 is 13.7. The number of aromatic nitrogens is 1. The van der Waals surface area contributed by atoms with Gasteiger partial charge in [0, 0.05) is 11.9 Å². The van der Waals surface area contributed by atoms with Gasteiger partial charge in [-0.1, -0.05) is 31.5 Å². The topological polar surface area (TPSA) is 45.2 Å². The van der Waals surface area contributed by atoms with Gasteiger partial charge in [0.25, 0.3) is 5.91 Å². The van der Waals surface area contributed by atoms with E-state index in [0.717, 1.165) is 30.3 Å². The standard InChI is InChI=1S/C16H19ClFN3OS/c1-3-21(4-2)9-11-10-23-14(20-11)8-19-16(22)15-12(17)6-5-7-13(15)18/h5-7,10H,3-4,8-9H2,1-2H3,(H,19,22). The lowest BCUT2D eigenvalue weighted by Crippen LogP contribution is -2.24. The van der Waals surface area contributed by atoms with Crippen molar-refractivity contribution in [1.29, 1.82) is 0 Å². The summed E-state index contributed by atoms with van der Waals surface area (Å²) >= 11 is 7.36. The van der Waals surface area contributed by atoms with E-state index in [1.807, 2.05) is 5.38 Å². The Morgan fingerprint density at radius 3 is 2.78 bits per heavy atom. The van der Waals surface area contributed by atoms with Gasteiger partial charge >= 0.3 is 0 Å². The minimum atomic E-state index is -0.628. The minimum Gasteiger partial charge on any atom is -0.345 e. The summed E-state index contributed by atoms with van der Waals surface area (Å²) in [4.78, 5) is 18.8. The molecule has 0 aliphatic heterocycles. The van der Waals surface area contributed by atoms with Crippen LogP contribution in [0.25, 0.3) is 0 Å². The molecule has 0 aliphatic carbocycles. The van der Waals surface area contributed by atoms with Crippen LogP contribution in [0.5, 0.6) is 0 Å². The molecule has 0 radical (unpaired) electrons. The Morgan fingerprint density at radius 1 is 1.39 bits per heavy atom. The van der Waals surface area contributed by atoms with Crippen LogP contribution >= 0.6 is 22.9 Å². The monoisotopic (exact) mass is 355 g/mol. The SMILES string of the molecule is CCN(CC)Cc1csc(CNC(=O)c2c(F)cccc2Cl)n1. The summed E-state index contributed by atoms with van der Waals surface area (Å²) in [6, 6.07) is 4.17. The second kappa shape index (κ2) is 8.38. The molecule has 0 fully saturated rings. The van der Waals surface area contributed by atoms with Crippen molar-refractivity contribution in [3.63, 3.8) is 0 Å². The van der Waals surface area contributed by atoms with Crippen LogP contribution in [-0.2, 0) is 13.1 Å². The average Bonchev–Trinajstić information content (AvgIpc) is 2.98. The van der Waals surface area contributed by atoms with E-state index in [2.05, 4.69) is 29.0 Å². The summed E-state index contributed by atoms with van der Waals surface area (Å²) in [5.74, 6) is -1.16. The van der Waals surface area contributed by atoms with Crippen molar-refractivity contribution < 1.29 is 9.18 Å². The number of carbonyl (C=O) groups excluding carboxylic acids is 1. The lowest BCUT2D eigenvalue weighted by molar-refractivity contribution is 0.0947. The van der Waals surface area contributed by atoms with Gasteiger partial charge in [-0.25, -0.2) is 9.37 Å². The maximum atomic E-state index is 13.7. The van der Waals surface area contributed by atoms with E-state index in [4.69, 9.17) is 11.6 Å².